The number of hydrogen-bond acceptors (Lipinski definition) is 5. The van der Waals surface area contributed by atoms with Crippen molar-refractivity contribution in [3.05, 3.63) is 24.3 Å². The summed E-state index contributed by atoms with van der Waals surface area (Å²) in [4.78, 5) is 37.6. The lowest BCUT2D eigenvalue weighted by molar-refractivity contribution is -0.152. The summed E-state index contributed by atoms with van der Waals surface area (Å²) in [5.74, 6) is 1.41. The average Bonchev–Trinajstić information content (AvgIpc) is 3.29. The largest absolute Gasteiger partial charge is 0.497 e. The maximum Gasteiger partial charge on any atom is 0.306 e. The van der Waals surface area contributed by atoms with Gasteiger partial charge in [0.1, 0.15) is 5.75 Å². The topological polar surface area (TPSA) is 84.9 Å². The molecule has 0 unspecified atom stereocenters. The number of nitrogens with zero attached hydrogens (tertiary/aromatic N) is 1. The molecular formula is C21H28N2O5. The molecule has 3 rings (SSSR count). The number of likely N-dealkylation sites (N-methyl/N-ethyl adjacent to an activating group) is 1. The Morgan fingerprint density at radius 1 is 1.21 bits per heavy atom. The van der Waals surface area contributed by atoms with Gasteiger partial charge in [0.25, 0.3) is 5.91 Å². The highest BCUT2D eigenvalue weighted by molar-refractivity contribution is 5.94. The molecule has 0 spiro atoms. The third-order valence-corrected chi connectivity index (χ3v) is 5.83. The number of amides is 2. The van der Waals surface area contributed by atoms with Crippen LogP contribution in [0.3, 0.4) is 0 Å². The van der Waals surface area contributed by atoms with E-state index in [2.05, 4.69) is 5.32 Å². The van der Waals surface area contributed by atoms with Crippen LogP contribution in [0.4, 0.5) is 5.69 Å². The first-order valence-corrected chi connectivity index (χ1v) is 9.78. The fraction of sp³-hybridized carbons (Fsp3) is 0.571. The van der Waals surface area contributed by atoms with Crippen molar-refractivity contribution in [1.29, 1.82) is 0 Å². The van der Waals surface area contributed by atoms with E-state index in [0.29, 0.717) is 29.7 Å². The smallest absolute Gasteiger partial charge is 0.306 e. The minimum absolute atomic E-state index is 0.125. The van der Waals surface area contributed by atoms with Gasteiger partial charge in [0.15, 0.2) is 6.61 Å². The van der Waals surface area contributed by atoms with Crippen LogP contribution in [0.1, 0.15) is 32.1 Å². The Balaban J connectivity index is 1.37. The summed E-state index contributed by atoms with van der Waals surface area (Å²) in [6.07, 6.45) is 5.25. The predicted octanol–water partition coefficient (Wildman–Crippen LogP) is 2.46. The summed E-state index contributed by atoms with van der Waals surface area (Å²) in [7, 11) is 3.06. The molecule has 3 atom stereocenters. The maximum atomic E-state index is 12.1. The number of hydrogen-bond donors (Lipinski definition) is 1. The summed E-state index contributed by atoms with van der Waals surface area (Å²) in [6, 6.07) is 6.96. The first kappa shape index (κ1) is 20.2. The number of methoxy groups -OCH3 is 1. The molecule has 28 heavy (non-hydrogen) atoms. The lowest BCUT2D eigenvalue weighted by Crippen LogP contribution is -2.37. The highest BCUT2D eigenvalue weighted by Gasteiger charge is 2.40. The zero-order chi connectivity index (χ0) is 20.1. The number of rotatable bonds is 8. The Morgan fingerprint density at radius 3 is 2.71 bits per heavy atom. The first-order chi connectivity index (χ1) is 13.4. The molecule has 2 fully saturated rings. The summed E-state index contributed by atoms with van der Waals surface area (Å²) in [5, 5.41) is 2.71. The average molecular weight is 388 g/mol. The fourth-order valence-electron chi connectivity index (χ4n) is 4.36. The predicted molar refractivity (Wildman–Crippen MR) is 104 cm³/mol. The number of anilines is 1. The maximum absolute atomic E-state index is 12.1. The molecule has 2 saturated carbocycles. The van der Waals surface area contributed by atoms with Gasteiger partial charge in [-0.1, -0.05) is 12.5 Å². The van der Waals surface area contributed by atoms with E-state index < -0.39 is 5.91 Å². The van der Waals surface area contributed by atoms with Crippen molar-refractivity contribution in [1.82, 2.24) is 4.90 Å². The van der Waals surface area contributed by atoms with Crippen molar-refractivity contribution in [2.24, 2.45) is 17.8 Å². The number of benzene rings is 1. The molecule has 2 amide bonds. The monoisotopic (exact) mass is 388 g/mol. The van der Waals surface area contributed by atoms with Crippen LogP contribution in [0.15, 0.2) is 24.3 Å². The zero-order valence-electron chi connectivity index (χ0n) is 16.5. The number of carbonyl (C=O) groups is 3. The van der Waals surface area contributed by atoms with Crippen molar-refractivity contribution < 1.29 is 23.9 Å². The Labute approximate surface area is 165 Å². The van der Waals surface area contributed by atoms with E-state index in [9.17, 15) is 14.4 Å². The molecule has 0 radical (unpaired) electrons. The number of esters is 1. The molecule has 2 aliphatic carbocycles. The molecule has 152 valence electrons. The molecule has 1 N–H and O–H groups in total. The van der Waals surface area contributed by atoms with E-state index in [4.69, 9.17) is 9.47 Å². The lowest BCUT2D eigenvalue weighted by Gasteiger charge is -2.21. The highest BCUT2D eigenvalue weighted by Crippen LogP contribution is 2.49. The van der Waals surface area contributed by atoms with Gasteiger partial charge in [-0.2, -0.15) is 0 Å². The zero-order valence-corrected chi connectivity index (χ0v) is 16.5. The van der Waals surface area contributed by atoms with Gasteiger partial charge in [-0.25, -0.2) is 0 Å². The number of fused-ring (bicyclic) bond motifs is 2. The van der Waals surface area contributed by atoms with Gasteiger partial charge in [0, 0.05) is 25.2 Å². The standard InChI is InChI=1S/C21H28N2O5/c1-23(12-19(24)22-17-4-3-5-18(11-17)27-2)20(25)13-28-21(26)10-16-9-14-6-7-15(16)8-14/h3-5,11,14-16H,6-10,12-13H2,1-2H3,(H,22,24)/t14-,15-,16-/m1/s1. The number of nitrogens with one attached hydrogen (secondary N) is 1. The van der Waals surface area contributed by atoms with E-state index in [1.807, 2.05) is 0 Å². The van der Waals surface area contributed by atoms with Crippen LogP contribution in [-0.2, 0) is 19.1 Å². The Kier molecular flexibility index (Phi) is 6.54. The van der Waals surface area contributed by atoms with Gasteiger partial charge in [0.2, 0.25) is 5.91 Å². The van der Waals surface area contributed by atoms with E-state index >= 15 is 0 Å². The van der Waals surface area contributed by atoms with E-state index in [1.54, 1.807) is 31.4 Å². The molecule has 1 aromatic rings. The molecule has 2 bridgehead atoms. The second-order valence-corrected chi connectivity index (χ2v) is 7.83. The third-order valence-electron chi connectivity index (χ3n) is 5.83. The van der Waals surface area contributed by atoms with Crippen molar-refractivity contribution >= 4 is 23.5 Å². The molecule has 0 saturated heterocycles. The van der Waals surface area contributed by atoms with Gasteiger partial charge in [0.05, 0.1) is 13.7 Å². The van der Waals surface area contributed by atoms with E-state index in [1.165, 1.54) is 31.2 Å². The number of ether oxygens (including phenoxy) is 2. The van der Waals surface area contributed by atoms with Gasteiger partial charge in [-0.3, -0.25) is 14.4 Å². The van der Waals surface area contributed by atoms with Crippen molar-refractivity contribution in [3.8, 4) is 5.75 Å². The second-order valence-electron chi connectivity index (χ2n) is 7.83. The fourth-order valence-corrected chi connectivity index (χ4v) is 4.36. The molecule has 7 nitrogen and oxygen atoms in total. The van der Waals surface area contributed by atoms with Gasteiger partial charge in [-0.15, -0.1) is 0 Å². The van der Waals surface area contributed by atoms with Crippen LogP contribution < -0.4 is 10.1 Å². The SMILES string of the molecule is COc1cccc(NC(=O)CN(C)C(=O)COC(=O)C[C@H]2C[C@@H]3CC[C@@H]2C3)c1. The van der Waals surface area contributed by atoms with Gasteiger partial charge >= 0.3 is 5.97 Å². The molecule has 0 aliphatic heterocycles. The van der Waals surface area contributed by atoms with Crippen LogP contribution in [0.2, 0.25) is 0 Å². The minimum atomic E-state index is -0.401. The summed E-state index contributed by atoms with van der Waals surface area (Å²) in [5.41, 5.74) is 0.586. The second kappa shape index (κ2) is 9.08. The van der Waals surface area contributed by atoms with Crippen molar-refractivity contribution in [2.45, 2.75) is 32.1 Å². The number of carbonyl (C=O) groups excluding carboxylic acids is 3. The normalized spacial score (nSPS) is 22.6. The van der Waals surface area contributed by atoms with Gasteiger partial charge < -0.3 is 19.7 Å². The molecule has 7 heteroatoms. The van der Waals surface area contributed by atoms with Gasteiger partial charge in [-0.05, 0) is 49.1 Å². The Bertz CT molecular complexity index is 735. The minimum Gasteiger partial charge on any atom is -0.497 e. The van der Waals surface area contributed by atoms with Crippen LogP contribution in [0.5, 0.6) is 5.75 Å². The molecule has 2 aliphatic rings. The van der Waals surface area contributed by atoms with E-state index in [0.717, 1.165) is 12.3 Å². The third kappa shape index (κ3) is 5.24. The summed E-state index contributed by atoms with van der Waals surface area (Å²) < 4.78 is 10.3. The van der Waals surface area contributed by atoms with Crippen molar-refractivity contribution in [2.75, 3.05) is 32.6 Å². The molecule has 0 aromatic heterocycles. The van der Waals surface area contributed by atoms with Crippen LogP contribution in [0, 0.1) is 17.8 Å². The van der Waals surface area contributed by atoms with E-state index in [-0.39, 0.29) is 25.0 Å². The molecule has 0 heterocycles. The molecular weight excluding hydrogens is 360 g/mol. The van der Waals surface area contributed by atoms with Crippen molar-refractivity contribution in [3.63, 3.8) is 0 Å². The van der Waals surface area contributed by atoms with Crippen LogP contribution in [0.25, 0.3) is 0 Å². The quantitative estimate of drug-likeness (QED) is 0.692. The summed E-state index contributed by atoms with van der Waals surface area (Å²) >= 11 is 0. The summed E-state index contributed by atoms with van der Waals surface area (Å²) in [6.45, 7) is -0.456. The van der Waals surface area contributed by atoms with Crippen LogP contribution >= 0.6 is 0 Å². The highest BCUT2D eigenvalue weighted by atomic mass is 16.5. The van der Waals surface area contributed by atoms with Crippen LogP contribution in [-0.4, -0.2) is 50.0 Å². The molecule has 1 aromatic carbocycles. The Morgan fingerprint density at radius 2 is 2.04 bits per heavy atom. The first-order valence-electron chi connectivity index (χ1n) is 9.78. The Hall–Kier alpha value is -2.57. The lowest BCUT2D eigenvalue weighted by atomic mass is 9.86.